The molecule has 6 aliphatic rings. The van der Waals surface area contributed by atoms with E-state index >= 15 is 0 Å². The van der Waals surface area contributed by atoms with Gasteiger partial charge in [0.1, 0.15) is 47.4 Å². The van der Waals surface area contributed by atoms with Gasteiger partial charge >= 0.3 is 12.1 Å². The Morgan fingerprint density at radius 1 is 0.966 bits per heavy atom. The van der Waals surface area contributed by atoms with Gasteiger partial charge in [-0.15, -0.1) is 0 Å². The lowest BCUT2D eigenvalue weighted by molar-refractivity contribution is -0.139. The highest BCUT2D eigenvalue weighted by molar-refractivity contribution is 6.36. The molecule has 0 spiro atoms. The fourth-order valence-corrected chi connectivity index (χ4v) is 9.67. The Morgan fingerprint density at radius 2 is 1.72 bits per heavy atom. The van der Waals surface area contributed by atoms with Crippen molar-refractivity contribution in [1.82, 2.24) is 20.1 Å². The SMILES string of the molecule is NC(=O)[C@@H]1CC(Oc2cc(C3CC3)nc3c(Cl)c(OCCN4CCOCC4)ccc23)CN1C(=O)[C@H](CCCCCCC[C@@H]1C[C@@H]1C(=O)O)NC(=O)OC1C[C@@H]2C[C@@H]2C1. The van der Waals surface area contributed by atoms with Crippen molar-refractivity contribution in [2.24, 2.45) is 29.4 Å². The predicted molar refractivity (Wildman–Crippen MR) is 215 cm³/mol. The van der Waals surface area contributed by atoms with Crippen molar-refractivity contribution >= 4 is 46.4 Å². The van der Waals surface area contributed by atoms with E-state index in [2.05, 4.69) is 10.2 Å². The van der Waals surface area contributed by atoms with E-state index in [1.807, 2.05) is 18.2 Å². The maximum Gasteiger partial charge on any atom is 0.408 e. The summed E-state index contributed by atoms with van der Waals surface area (Å²) in [6, 6.07) is 3.86. The number of carbonyl (C=O) groups is 4. The fourth-order valence-electron chi connectivity index (χ4n) is 9.41. The molecule has 2 aromatic rings. The predicted octanol–water partition coefficient (Wildman–Crippen LogP) is 5.65. The van der Waals surface area contributed by atoms with Crippen LogP contribution >= 0.6 is 11.6 Å². The van der Waals surface area contributed by atoms with Crippen LogP contribution in [0.1, 0.15) is 102 Å². The number of ether oxygens (including phenoxy) is 4. The number of halogens is 1. The number of pyridine rings is 1. The zero-order chi connectivity index (χ0) is 40.3. The van der Waals surface area contributed by atoms with E-state index < -0.39 is 36.2 Å². The number of alkyl carbamates (subject to hydrolysis) is 1. The van der Waals surface area contributed by atoms with E-state index in [0.717, 1.165) is 103 Å². The second-order valence-electron chi connectivity index (χ2n) is 17.5. The molecule has 4 N–H and O–H groups in total. The van der Waals surface area contributed by atoms with Crippen LogP contribution in [0.4, 0.5) is 4.79 Å². The van der Waals surface area contributed by atoms with E-state index in [-0.39, 0.29) is 30.9 Å². The number of hydrogen-bond acceptors (Lipinski definition) is 10. The third-order valence-corrected chi connectivity index (χ3v) is 13.5. The van der Waals surface area contributed by atoms with Crippen LogP contribution < -0.4 is 20.5 Å². The van der Waals surface area contributed by atoms with Gasteiger partial charge in [-0.1, -0.05) is 43.7 Å². The van der Waals surface area contributed by atoms with Gasteiger partial charge in [-0.25, -0.2) is 4.79 Å². The second-order valence-corrected chi connectivity index (χ2v) is 17.9. The van der Waals surface area contributed by atoms with Crippen molar-refractivity contribution in [3.05, 3.63) is 28.9 Å². The standard InChI is InChI=1S/C43H58ClN5O9/c44-38-36(56-17-14-48-12-15-55-16-13-48)11-10-31-37(23-34(25-8-9-25)46-39(31)38)57-30-22-35(40(45)50)49(24-30)41(51)33(47-43(54)58-29-19-27-18-28(27)20-29)7-5-3-1-2-4-6-26-21-32(26)42(52)53/h10-11,23,25-30,32-33,35H,1-9,12-22,24H2,(H2,45,50)(H,47,54)(H,52,53)/t26-,27-,28+,29?,30?,32+,33+,35+/m1/s1. The lowest BCUT2D eigenvalue weighted by Crippen LogP contribution is -2.53. The van der Waals surface area contributed by atoms with Crippen LogP contribution in [0.3, 0.4) is 0 Å². The average Bonchev–Trinajstić information content (AvgIpc) is 4.16. The molecule has 2 aliphatic heterocycles. The molecule has 8 rings (SSSR count). The Bertz CT molecular complexity index is 1830. The number of hydrogen-bond donors (Lipinski definition) is 3. The number of benzene rings is 1. The van der Waals surface area contributed by atoms with Crippen molar-refractivity contribution in [2.75, 3.05) is 46.0 Å². The number of amides is 3. The molecule has 3 amide bonds. The molecule has 58 heavy (non-hydrogen) atoms. The molecular weight excluding hydrogens is 766 g/mol. The van der Waals surface area contributed by atoms with Crippen LogP contribution in [0.15, 0.2) is 18.2 Å². The molecular formula is C43H58ClN5O9. The first-order chi connectivity index (χ1) is 28.1. The first-order valence-corrected chi connectivity index (χ1v) is 22.0. The molecule has 316 valence electrons. The van der Waals surface area contributed by atoms with Crippen molar-refractivity contribution < 1.29 is 43.2 Å². The number of rotatable bonds is 20. The Hall–Kier alpha value is -3.88. The maximum atomic E-state index is 14.4. The van der Waals surface area contributed by atoms with E-state index in [9.17, 15) is 24.3 Å². The van der Waals surface area contributed by atoms with E-state index in [1.54, 1.807) is 0 Å². The molecule has 15 heteroatoms. The summed E-state index contributed by atoms with van der Waals surface area (Å²) in [5, 5.41) is 13.2. The minimum atomic E-state index is -0.914. The molecule has 8 atom stereocenters. The zero-order valence-electron chi connectivity index (χ0n) is 33.3. The van der Waals surface area contributed by atoms with Gasteiger partial charge in [0, 0.05) is 49.1 Å². The number of nitrogens with zero attached hydrogens (tertiary/aromatic N) is 3. The summed E-state index contributed by atoms with van der Waals surface area (Å²) < 4.78 is 24.0. The number of aliphatic carboxylic acids is 1. The number of primary amides is 1. The van der Waals surface area contributed by atoms with Crippen LogP contribution in [0.2, 0.25) is 5.02 Å². The summed E-state index contributed by atoms with van der Waals surface area (Å²) in [6.45, 7) is 4.52. The summed E-state index contributed by atoms with van der Waals surface area (Å²) in [5.41, 5.74) is 7.40. The summed E-state index contributed by atoms with van der Waals surface area (Å²) in [6.07, 6.45) is 10.4. The molecule has 4 saturated carbocycles. The molecule has 6 fully saturated rings. The largest absolute Gasteiger partial charge is 0.491 e. The number of morpholine rings is 1. The van der Waals surface area contributed by atoms with Crippen LogP contribution in [-0.2, 0) is 23.9 Å². The number of carboxylic acids is 1. The molecule has 2 unspecified atom stereocenters. The van der Waals surface area contributed by atoms with Gasteiger partial charge in [0.25, 0.3) is 0 Å². The van der Waals surface area contributed by atoms with Crippen LogP contribution in [0, 0.1) is 23.7 Å². The van der Waals surface area contributed by atoms with E-state index in [0.29, 0.717) is 70.5 Å². The van der Waals surface area contributed by atoms with Gasteiger partial charge in [0.05, 0.1) is 31.2 Å². The number of carbonyl (C=O) groups excluding carboxylic acids is 3. The van der Waals surface area contributed by atoms with Gasteiger partial charge in [-0.05, 0) is 81.3 Å². The molecule has 2 saturated heterocycles. The number of carboxylic acid groups (broad SMARTS) is 1. The van der Waals surface area contributed by atoms with E-state index in [1.165, 1.54) is 11.3 Å². The zero-order valence-corrected chi connectivity index (χ0v) is 34.0. The number of nitrogens with one attached hydrogen (secondary N) is 1. The normalized spacial score (nSPS) is 28.2. The van der Waals surface area contributed by atoms with Gasteiger partial charge in [-0.3, -0.25) is 24.3 Å². The maximum absolute atomic E-state index is 14.4. The summed E-state index contributed by atoms with van der Waals surface area (Å²) in [5.74, 6) is 1.11. The van der Waals surface area contributed by atoms with Crippen LogP contribution in [0.25, 0.3) is 10.9 Å². The van der Waals surface area contributed by atoms with Crippen LogP contribution in [-0.4, -0.2) is 114 Å². The minimum Gasteiger partial charge on any atom is -0.491 e. The van der Waals surface area contributed by atoms with Crippen LogP contribution in [0.5, 0.6) is 11.5 Å². The van der Waals surface area contributed by atoms with Gasteiger partial charge < -0.3 is 40.0 Å². The topological polar surface area (TPSA) is 183 Å². The molecule has 0 radical (unpaired) electrons. The minimum absolute atomic E-state index is 0.114. The highest BCUT2D eigenvalue weighted by atomic mass is 35.5. The average molecular weight is 824 g/mol. The first-order valence-electron chi connectivity index (χ1n) is 21.6. The highest BCUT2D eigenvalue weighted by Crippen LogP contribution is 2.52. The Labute approximate surface area is 344 Å². The lowest BCUT2D eigenvalue weighted by atomic mass is 10.0. The highest BCUT2D eigenvalue weighted by Gasteiger charge is 2.48. The second kappa shape index (κ2) is 18.2. The Kier molecular flexibility index (Phi) is 12.8. The molecule has 4 aliphatic carbocycles. The Balaban J connectivity index is 0.919. The van der Waals surface area contributed by atoms with E-state index in [4.69, 9.17) is 41.3 Å². The lowest BCUT2D eigenvalue weighted by Gasteiger charge is -2.28. The number of likely N-dealkylation sites (tertiary alicyclic amines) is 1. The molecule has 1 aromatic carbocycles. The van der Waals surface area contributed by atoms with Gasteiger partial charge in [0.15, 0.2) is 0 Å². The van der Waals surface area contributed by atoms with Crippen molar-refractivity contribution in [3.8, 4) is 11.5 Å². The monoisotopic (exact) mass is 823 g/mol. The molecule has 1 aromatic heterocycles. The van der Waals surface area contributed by atoms with Crippen molar-refractivity contribution in [1.29, 1.82) is 0 Å². The first kappa shape index (κ1) is 40.9. The molecule has 14 nitrogen and oxygen atoms in total. The fraction of sp³-hybridized carbons (Fsp3) is 0.698. The van der Waals surface area contributed by atoms with Crippen molar-refractivity contribution in [3.63, 3.8) is 0 Å². The van der Waals surface area contributed by atoms with Gasteiger partial charge in [0.2, 0.25) is 11.8 Å². The summed E-state index contributed by atoms with van der Waals surface area (Å²) in [7, 11) is 0. The third kappa shape index (κ3) is 10.1. The quantitative estimate of drug-likeness (QED) is 0.140. The van der Waals surface area contributed by atoms with Crippen molar-refractivity contribution in [2.45, 2.75) is 120 Å². The number of fused-ring (bicyclic) bond motifs is 2. The summed E-state index contributed by atoms with van der Waals surface area (Å²) in [4.78, 5) is 60.3. The molecule has 3 heterocycles. The Morgan fingerprint density at radius 3 is 2.45 bits per heavy atom. The number of nitrogens with two attached hydrogens (primary N) is 1. The summed E-state index contributed by atoms with van der Waals surface area (Å²) >= 11 is 6.97. The molecule has 0 bridgehead atoms. The number of unbranched alkanes of at least 4 members (excludes halogenated alkanes) is 4. The van der Waals surface area contributed by atoms with Gasteiger partial charge in [-0.2, -0.15) is 0 Å². The third-order valence-electron chi connectivity index (χ3n) is 13.2. The number of aromatic nitrogens is 1. The smallest absolute Gasteiger partial charge is 0.408 e.